The number of nitrogens with zero attached hydrogens (tertiary/aromatic N) is 1. The van der Waals surface area contributed by atoms with E-state index in [0.717, 1.165) is 23.0 Å². The summed E-state index contributed by atoms with van der Waals surface area (Å²) in [5.41, 5.74) is 8.22. The highest BCUT2D eigenvalue weighted by Crippen LogP contribution is 2.33. The quantitative estimate of drug-likeness (QED) is 0.900. The third kappa shape index (κ3) is 3.89. The van der Waals surface area contributed by atoms with Crippen molar-refractivity contribution in [3.05, 3.63) is 28.8 Å². The molecule has 1 atom stereocenters. The molecule has 1 aliphatic rings. The Hall–Kier alpha value is -0.730. The summed E-state index contributed by atoms with van der Waals surface area (Å²) >= 11 is 6.47. The first-order valence-corrected chi connectivity index (χ1v) is 8.12. The second kappa shape index (κ2) is 6.82. The molecular weight excluding hydrogens is 268 g/mol. The van der Waals surface area contributed by atoms with Gasteiger partial charge in [0.15, 0.2) is 0 Å². The summed E-state index contributed by atoms with van der Waals surface area (Å²) in [7, 11) is 2.17. The maximum atomic E-state index is 6.47. The van der Waals surface area contributed by atoms with Gasteiger partial charge in [-0.15, -0.1) is 0 Å². The predicted octanol–water partition coefficient (Wildman–Crippen LogP) is 4.24. The largest absolute Gasteiger partial charge is 0.370 e. The number of hydrogen-bond acceptors (Lipinski definition) is 2. The zero-order valence-electron chi connectivity index (χ0n) is 12.9. The van der Waals surface area contributed by atoms with Crippen LogP contribution in [-0.4, -0.2) is 19.1 Å². The van der Waals surface area contributed by atoms with Crippen LogP contribution in [0.5, 0.6) is 0 Å². The van der Waals surface area contributed by atoms with Crippen LogP contribution in [0.3, 0.4) is 0 Å². The Kier molecular flexibility index (Phi) is 5.34. The minimum Gasteiger partial charge on any atom is -0.370 e. The molecule has 1 aromatic rings. The van der Waals surface area contributed by atoms with Gasteiger partial charge in [-0.3, -0.25) is 0 Å². The molecule has 1 saturated carbocycles. The Morgan fingerprint density at radius 2 is 1.95 bits per heavy atom. The van der Waals surface area contributed by atoms with E-state index in [9.17, 15) is 0 Å². The molecule has 2 rings (SSSR count). The molecule has 1 unspecified atom stereocenters. The van der Waals surface area contributed by atoms with Gasteiger partial charge in [0, 0.05) is 19.1 Å². The number of nitrogens with two attached hydrogens (primary N) is 1. The van der Waals surface area contributed by atoms with E-state index in [0.29, 0.717) is 6.04 Å². The van der Waals surface area contributed by atoms with Crippen LogP contribution in [0.15, 0.2) is 18.2 Å². The lowest BCUT2D eigenvalue weighted by Crippen LogP contribution is -2.35. The van der Waals surface area contributed by atoms with Gasteiger partial charge in [-0.2, -0.15) is 0 Å². The van der Waals surface area contributed by atoms with Crippen molar-refractivity contribution in [2.75, 3.05) is 11.9 Å². The number of rotatable bonds is 4. The van der Waals surface area contributed by atoms with E-state index >= 15 is 0 Å². The normalized spacial score (nSPS) is 24.4. The Morgan fingerprint density at radius 1 is 1.30 bits per heavy atom. The van der Waals surface area contributed by atoms with Gasteiger partial charge in [-0.05, 0) is 62.6 Å². The first-order chi connectivity index (χ1) is 9.47. The third-order valence-corrected chi connectivity index (χ3v) is 4.79. The molecule has 2 nitrogen and oxygen atoms in total. The summed E-state index contributed by atoms with van der Waals surface area (Å²) < 4.78 is 0. The maximum absolute atomic E-state index is 6.47. The van der Waals surface area contributed by atoms with Gasteiger partial charge >= 0.3 is 0 Å². The zero-order chi connectivity index (χ0) is 14.7. The van der Waals surface area contributed by atoms with Gasteiger partial charge in [-0.1, -0.05) is 24.6 Å². The van der Waals surface area contributed by atoms with Crippen molar-refractivity contribution < 1.29 is 0 Å². The molecule has 1 aromatic carbocycles. The second-order valence-electron chi connectivity index (χ2n) is 6.49. The van der Waals surface area contributed by atoms with Crippen molar-refractivity contribution in [3.8, 4) is 0 Å². The average molecular weight is 295 g/mol. The third-order valence-electron chi connectivity index (χ3n) is 4.48. The van der Waals surface area contributed by atoms with E-state index in [1.165, 1.54) is 31.2 Å². The van der Waals surface area contributed by atoms with Crippen LogP contribution in [0.4, 0.5) is 5.69 Å². The monoisotopic (exact) mass is 294 g/mol. The predicted molar refractivity (Wildman–Crippen MR) is 88.6 cm³/mol. The topological polar surface area (TPSA) is 29.3 Å². The van der Waals surface area contributed by atoms with E-state index in [1.807, 2.05) is 6.92 Å². The van der Waals surface area contributed by atoms with Crippen LogP contribution < -0.4 is 10.6 Å². The van der Waals surface area contributed by atoms with E-state index in [2.05, 4.69) is 37.1 Å². The SMILES string of the molecule is CC(N)Cc1ccc(N(C)C2CCC(C)CC2)c(Cl)c1. The molecule has 0 spiro atoms. The highest BCUT2D eigenvalue weighted by Gasteiger charge is 2.23. The molecule has 2 N–H and O–H groups in total. The summed E-state index contributed by atoms with van der Waals surface area (Å²) in [6.45, 7) is 4.38. The number of hydrogen-bond donors (Lipinski definition) is 1. The molecule has 0 radical (unpaired) electrons. The minimum absolute atomic E-state index is 0.175. The second-order valence-corrected chi connectivity index (χ2v) is 6.90. The fourth-order valence-electron chi connectivity index (χ4n) is 3.16. The van der Waals surface area contributed by atoms with Crippen LogP contribution in [0.2, 0.25) is 5.02 Å². The van der Waals surface area contributed by atoms with Crippen LogP contribution >= 0.6 is 11.6 Å². The number of halogens is 1. The summed E-state index contributed by atoms with van der Waals surface area (Å²) in [5, 5.41) is 0.851. The van der Waals surface area contributed by atoms with Gasteiger partial charge in [-0.25, -0.2) is 0 Å². The molecular formula is C17H27ClN2. The van der Waals surface area contributed by atoms with E-state index in [4.69, 9.17) is 17.3 Å². The van der Waals surface area contributed by atoms with Crippen molar-refractivity contribution in [1.82, 2.24) is 0 Å². The van der Waals surface area contributed by atoms with Crippen LogP contribution in [0.25, 0.3) is 0 Å². The molecule has 0 saturated heterocycles. The van der Waals surface area contributed by atoms with Crippen molar-refractivity contribution in [2.45, 2.75) is 58.0 Å². The Bertz CT molecular complexity index is 437. The molecule has 0 bridgehead atoms. The molecule has 0 amide bonds. The smallest absolute Gasteiger partial charge is 0.0642 e. The van der Waals surface area contributed by atoms with E-state index in [-0.39, 0.29) is 6.04 Å². The molecule has 20 heavy (non-hydrogen) atoms. The fourth-order valence-corrected chi connectivity index (χ4v) is 3.50. The maximum Gasteiger partial charge on any atom is 0.0642 e. The molecule has 1 fully saturated rings. The molecule has 0 aromatic heterocycles. The van der Waals surface area contributed by atoms with Crippen LogP contribution in [0, 0.1) is 5.92 Å². The van der Waals surface area contributed by atoms with Gasteiger partial charge in [0.2, 0.25) is 0 Å². The summed E-state index contributed by atoms with van der Waals surface area (Å²) in [6.07, 6.45) is 6.08. The molecule has 0 heterocycles. The van der Waals surface area contributed by atoms with Gasteiger partial charge in [0.05, 0.1) is 10.7 Å². The zero-order valence-corrected chi connectivity index (χ0v) is 13.7. The lowest BCUT2D eigenvalue weighted by molar-refractivity contribution is 0.341. The van der Waals surface area contributed by atoms with Gasteiger partial charge < -0.3 is 10.6 Å². The molecule has 112 valence electrons. The number of benzene rings is 1. The summed E-state index contributed by atoms with van der Waals surface area (Å²) in [5.74, 6) is 0.878. The van der Waals surface area contributed by atoms with Crippen LogP contribution in [-0.2, 0) is 6.42 Å². The summed E-state index contributed by atoms with van der Waals surface area (Å²) in [6, 6.07) is 7.18. The number of anilines is 1. The molecule has 1 aliphatic carbocycles. The molecule has 3 heteroatoms. The molecule has 0 aliphatic heterocycles. The lowest BCUT2D eigenvalue weighted by atomic mass is 9.86. The van der Waals surface area contributed by atoms with Crippen molar-refractivity contribution in [2.24, 2.45) is 11.7 Å². The van der Waals surface area contributed by atoms with Gasteiger partial charge in [0.1, 0.15) is 0 Å². The first kappa shape index (κ1) is 15.7. The Morgan fingerprint density at radius 3 is 2.50 bits per heavy atom. The highest BCUT2D eigenvalue weighted by atomic mass is 35.5. The van der Waals surface area contributed by atoms with Crippen LogP contribution in [0.1, 0.15) is 45.1 Å². The summed E-state index contributed by atoms with van der Waals surface area (Å²) in [4.78, 5) is 2.36. The standard InChI is InChI=1S/C17H27ClN2/c1-12-4-7-15(8-5-12)20(3)17-9-6-14(10-13(2)19)11-16(17)18/h6,9,11-13,15H,4-5,7-8,10,19H2,1-3H3. The van der Waals surface area contributed by atoms with E-state index < -0.39 is 0 Å². The Labute approximate surface area is 128 Å². The highest BCUT2D eigenvalue weighted by molar-refractivity contribution is 6.33. The van der Waals surface area contributed by atoms with E-state index in [1.54, 1.807) is 0 Å². The van der Waals surface area contributed by atoms with Crippen molar-refractivity contribution in [1.29, 1.82) is 0 Å². The lowest BCUT2D eigenvalue weighted by Gasteiger charge is -2.35. The van der Waals surface area contributed by atoms with Gasteiger partial charge in [0.25, 0.3) is 0 Å². The first-order valence-electron chi connectivity index (χ1n) is 7.74. The average Bonchev–Trinajstić information content (AvgIpc) is 2.38. The Balaban J connectivity index is 2.08. The minimum atomic E-state index is 0.175. The van der Waals surface area contributed by atoms with Crippen molar-refractivity contribution >= 4 is 17.3 Å². The van der Waals surface area contributed by atoms with Crippen molar-refractivity contribution in [3.63, 3.8) is 0 Å². The fraction of sp³-hybridized carbons (Fsp3) is 0.647.